The Hall–Kier alpha value is -3.12. The van der Waals surface area contributed by atoms with E-state index in [2.05, 4.69) is 17.3 Å². The van der Waals surface area contributed by atoms with Gasteiger partial charge in [0.1, 0.15) is 6.61 Å². The largest absolute Gasteiger partial charge is 0.493 e. The second kappa shape index (κ2) is 7.73. The third kappa shape index (κ3) is 3.27. The number of benzene rings is 2. The monoisotopic (exact) mass is 462 g/mol. The van der Waals surface area contributed by atoms with Gasteiger partial charge in [0.25, 0.3) is 11.8 Å². The predicted molar refractivity (Wildman–Crippen MR) is 123 cm³/mol. The number of allylic oxidation sites excluding steroid dienone is 2. The molecule has 33 heavy (non-hydrogen) atoms. The second-order valence-corrected chi connectivity index (χ2v) is 9.59. The minimum Gasteiger partial charge on any atom is -0.493 e. The molecule has 2 aromatic rings. The quantitative estimate of drug-likeness (QED) is 0.364. The second-order valence-electron chi connectivity index (χ2n) is 9.18. The van der Waals surface area contributed by atoms with Gasteiger partial charge >= 0.3 is 0 Å². The zero-order valence-corrected chi connectivity index (χ0v) is 18.8. The number of hydrogen-bond donors (Lipinski definition) is 0. The molecule has 6 atom stereocenters. The summed E-state index contributed by atoms with van der Waals surface area (Å²) in [5, 5.41) is 6.02. The van der Waals surface area contributed by atoms with E-state index in [1.165, 1.54) is 6.21 Å². The van der Waals surface area contributed by atoms with Crippen molar-refractivity contribution < 1.29 is 19.1 Å². The first kappa shape index (κ1) is 20.5. The Bertz CT molecular complexity index is 1170. The highest BCUT2D eigenvalue weighted by molar-refractivity contribution is 6.31. The van der Waals surface area contributed by atoms with Crippen molar-refractivity contribution in [2.24, 2.45) is 40.6 Å². The molecule has 6 nitrogen and oxygen atoms in total. The number of amides is 2. The fourth-order valence-corrected chi connectivity index (χ4v) is 6.02. The van der Waals surface area contributed by atoms with Crippen LogP contribution in [0.15, 0.2) is 59.7 Å². The first-order valence-electron chi connectivity index (χ1n) is 11.2. The van der Waals surface area contributed by atoms with E-state index in [0.29, 0.717) is 40.5 Å². The molecule has 1 saturated heterocycles. The zero-order valence-electron chi connectivity index (χ0n) is 18.1. The van der Waals surface area contributed by atoms with Crippen LogP contribution in [0.1, 0.15) is 17.5 Å². The van der Waals surface area contributed by atoms with Crippen LogP contribution in [-0.2, 0) is 16.2 Å². The Morgan fingerprint density at radius 1 is 1.03 bits per heavy atom. The van der Waals surface area contributed by atoms with E-state index in [-0.39, 0.29) is 35.5 Å². The van der Waals surface area contributed by atoms with Crippen LogP contribution in [0.2, 0.25) is 5.02 Å². The van der Waals surface area contributed by atoms with Gasteiger partial charge in [0, 0.05) is 10.6 Å². The maximum atomic E-state index is 13.1. The van der Waals surface area contributed by atoms with Gasteiger partial charge in [-0.2, -0.15) is 10.1 Å². The smallest absolute Gasteiger partial charge is 0.254 e. The minimum absolute atomic E-state index is 0.169. The molecule has 0 aromatic heterocycles. The summed E-state index contributed by atoms with van der Waals surface area (Å²) in [5.74, 6) is 1.79. The van der Waals surface area contributed by atoms with Crippen LogP contribution in [0.4, 0.5) is 0 Å². The number of methoxy groups -OCH3 is 1. The van der Waals surface area contributed by atoms with Crippen LogP contribution in [0, 0.1) is 35.5 Å². The van der Waals surface area contributed by atoms with Crippen molar-refractivity contribution in [1.82, 2.24) is 5.01 Å². The fourth-order valence-electron chi connectivity index (χ4n) is 5.83. The molecule has 0 N–H and O–H groups in total. The number of carbonyl (C=O) groups excluding carboxylic acids is 2. The zero-order chi connectivity index (χ0) is 22.7. The summed E-state index contributed by atoms with van der Waals surface area (Å²) >= 11 is 6.20. The standard InChI is InChI=1S/C26H23ClN2O4/c1-32-22-10-14(6-9-21(22)33-13-15-4-2-3-5-20(15)27)12-28-29-25(30)23-16-7-8-17(19-11-18(16)19)24(23)26(29)31/h2-10,12,16-19,23-24H,11,13H2,1H3/b28-12+/t16-,17-,18-,19-,23+,24+/m1/s1. The SMILES string of the molecule is COc1cc(/C=N/N2C(=O)[C@H]3[C@@H]4C=C[C@H]([C@H]5C[C@H]45)[C@@H]3C2=O)ccc1OCc1ccccc1Cl. The Kier molecular flexibility index (Phi) is 4.80. The first-order valence-corrected chi connectivity index (χ1v) is 11.6. The maximum Gasteiger partial charge on any atom is 0.254 e. The molecule has 2 amide bonds. The molecule has 1 heterocycles. The average molecular weight is 463 g/mol. The first-order chi connectivity index (χ1) is 16.1. The topological polar surface area (TPSA) is 68.2 Å². The van der Waals surface area contributed by atoms with Crippen molar-refractivity contribution >= 4 is 29.6 Å². The van der Waals surface area contributed by atoms with E-state index in [1.807, 2.05) is 30.3 Å². The van der Waals surface area contributed by atoms with Gasteiger partial charge in [-0.25, -0.2) is 0 Å². The van der Waals surface area contributed by atoms with E-state index < -0.39 is 0 Å². The van der Waals surface area contributed by atoms with Crippen LogP contribution >= 0.6 is 11.6 Å². The number of rotatable bonds is 6. The van der Waals surface area contributed by atoms with Gasteiger partial charge in [0.05, 0.1) is 25.2 Å². The molecule has 2 aromatic carbocycles. The van der Waals surface area contributed by atoms with Crippen molar-refractivity contribution in [3.05, 3.63) is 70.8 Å². The number of nitrogens with zero attached hydrogens (tertiary/aromatic N) is 2. The van der Waals surface area contributed by atoms with E-state index in [4.69, 9.17) is 21.1 Å². The van der Waals surface area contributed by atoms with E-state index in [9.17, 15) is 9.59 Å². The van der Waals surface area contributed by atoms with Gasteiger partial charge in [-0.15, -0.1) is 0 Å². The van der Waals surface area contributed by atoms with Crippen molar-refractivity contribution in [3.8, 4) is 11.5 Å². The van der Waals surface area contributed by atoms with Crippen molar-refractivity contribution in [2.75, 3.05) is 7.11 Å². The molecule has 0 radical (unpaired) electrons. The summed E-state index contributed by atoms with van der Waals surface area (Å²) in [5.41, 5.74) is 1.58. The summed E-state index contributed by atoms with van der Waals surface area (Å²) in [7, 11) is 1.56. The minimum atomic E-state index is -0.247. The van der Waals surface area contributed by atoms with E-state index in [1.54, 1.807) is 19.2 Å². The van der Waals surface area contributed by atoms with Crippen LogP contribution in [-0.4, -0.2) is 30.1 Å². The molecule has 168 valence electrons. The van der Waals surface area contributed by atoms with Gasteiger partial charge < -0.3 is 9.47 Å². The Morgan fingerprint density at radius 2 is 1.73 bits per heavy atom. The fraction of sp³-hybridized carbons (Fsp3) is 0.346. The van der Waals surface area contributed by atoms with Gasteiger partial charge in [0.2, 0.25) is 0 Å². The predicted octanol–water partition coefficient (Wildman–Crippen LogP) is 4.31. The van der Waals surface area contributed by atoms with Gasteiger partial charge in [0.15, 0.2) is 11.5 Å². The molecular formula is C26H23ClN2O4. The van der Waals surface area contributed by atoms with Gasteiger partial charge in [-0.3, -0.25) is 9.59 Å². The number of ether oxygens (including phenoxy) is 2. The number of hydrazone groups is 1. The summed E-state index contributed by atoms with van der Waals surface area (Å²) in [6.45, 7) is 0.307. The molecule has 7 heteroatoms. The van der Waals surface area contributed by atoms with E-state index in [0.717, 1.165) is 17.0 Å². The molecule has 3 fully saturated rings. The average Bonchev–Trinajstić information content (AvgIpc) is 3.62. The van der Waals surface area contributed by atoms with Crippen LogP contribution < -0.4 is 9.47 Å². The third-order valence-corrected chi connectivity index (χ3v) is 7.86. The number of hydrogen-bond acceptors (Lipinski definition) is 5. The molecule has 4 aliphatic carbocycles. The summed E-state index contributed by atoms with van der Waals surface area (Å²) < 4.78 is 11.4. The summed E-state index contributed by atoms with van der Waals surface area (Å²) in [6.07, 6.45) is 6.99. The molecule has 1 aliphatic heterocycles. The summed E-state index contributed by atoms with van der Waals surface area (Å²) in [4.78, 5) is 26.1. The number of halogens is 1. The van der Waals surface area contributed by atoms with Crippen LogP contribution in [0.5, 0.6) is 11.5 Å². The van der Waals surface area contributed by atoms with Gasteiger partial charge in [-0.1, -0.05) is 42.0 Å². The van der Waals surface area contributed by atoms with Crippen molar-refractivity contribution in [3.63, 3.8) is 0 Å². The number of imide groups is 1. The van der Waals surface area contributed by atoms with Crippen LogP contribution in [0.25, 0.3) is 0 Å². The van der Waals surface area contributed by atoms with Crippen molar-refractivity contribution in [2.45, 2.75) is 13.0 Å². The molecule has 0 unspecified atom stereocenters. The molecule has 5 aliphatic rings. The Balaban J connectivity index is 1.18. The number of carbonyl (C=O) groups is 2. The lowest BCUT2D eigenvalue weighted by molar-refractivity contribution is -0.140. The molecule has 2 saturated carbocycles. The molecule has 0 spiro atoms. The lowest BCUT2D eigenvalue weighted by Crippen LogP contribution is -2.40. The van der Waals surface area contributed by atoms with Gasteiger partial charge in [-0.05, 0) is 59.9 Å². The molecule has 2 bridgehead atoms. The van der Waals surface area contributed by atoms with Crippen molar-refractivity contribution in [1.29, 1.82) is 0 Å². The lowest BCUT2D eigenvalue weighted by Gasteiger charge is -2.37. The summed E-state index contributed by atoms with van der Waals surface area (Å²) in [6, 6.07) is 12.9. The normalized spacial score (nSPS) is 31.2. The highest BCUT2D eigenvalue weighted by atomic mass is 35.5. The third-order valence-electron chi connectivity index (χ3n) is 7.49. The van der Waals surface area contributed by atoms with E-state index >= 15 is 0 Å². The lowest BCUT2D eigenvalue weighted by atomic mass is 9.63. The Labute approximate surface area is 196 Å². The molecular weight excluding hydrogens is 440 g/mol. The highest BCUT2D eigenvalue weighted by Crippen LogP contribution is 2.65. The maximum absolute atomic E-state index is 13.1. The Morgan fingerprint density at radius 3 is 2.39 bits per heavy atom. The highest BCUT2D eigenvalue weighted by Gasteiger charge is 2.67. The van der Waals surface area contributed by atoms with Crippen LogP contribution in [0.3, 0.4) is 0 Å². The molecule has 7 rings (SSSR count).